The molecule has 0 unspecified atom stereocenters. The molecule has 1 heterocycles. The zero-order valence-corrected chi connectivity index (χ0v) is 9.33. The first kappa shape index (κ1) is 12.5. The molecule has 1 rings (SSSR count). The van der Waals surface area contributed by atoms with Gasteiger partial charge in [0.2, 0.25) is 0 Å². The summed E-state index contributed by atoms with van der Waals surface area (Å²) < 4.78 is 25.1. The highest BCUT2D eigenvalue weighted by atomic mass is 79.9. The van der Waals surface area contributed by atoms with Crippen molar-refractivity contribution in [3.8, 4) is 6.07 Å². The number of pyridine rings is 1. The molecule has 7 heteroatoms. The first-order valence-corrected chi connectivity index (χ1v) is 5.14. The number of carbonyl (C=O) groups is 1. The van der Waals surface area contributed by atoms with E-state index in [0.29, 0.717) is 0 Å². The lowest BCUT2D eigenvalue weighted by molar-refractivity contribution is 0.0683. The van der Waals surface area contributed by atoms with Gasteiger partial charge in [0.25, 0.3) is 6.43 Å². The van der Waals surface area contributed by atoms with Crippen molar-refractivity contribution in [2.75, 3.05) is 0 Å². The second kappa shape index (κ2) is 4.99. The molecule has 0 saturated heterocycles. The van der Waals surface area contributed by atoms with Crippen molar-refractivity contribution < 1.29 is 18.7 Å². The van der Waals surface area contributed by atoms with E-state index in [1.165, 1.54) is 0 Å². The summed E-state index contributed by atoms with van der Waals surface area (Å²) >= 11 is 2.95. The Bertz CT molecular complexity index is 471. The number of hydrogen-bond acceptors (Lipinski definition) is 3. The average molecular weight is 291 g/mol. The lowest BCUT2D eigenvalue weighted by atomic mass is 10.0. The van der Waals surface area contributed by atoms with E-state index in [-0.39, 0.29) is 16.6 Å². The van der Waals surface area contributed by atoms with Gasteiger partial charge >= 0.3 is 5.97 Å². The summed E-state index contributed by atoms with van der Waals surface area (Å²) in [6, 6.07) is 1.66. The van der Waals surface area contributed by atoms with Crippen LogP contribution in [0.15, 0.2) is 6.20 Å². The lowest BCUT2D eigenvalue weighted by Gasteiger charge is -2.09. The van der Waals surface area contributed by atoms with E-state index < -0.39 is 23.5 Å². The smallest absolute Gasteiger partial charge is 0.336 e. The minimum Gasteiger partial charge on any atom is -0.478 e. The topological polar surface area (TPSA) is 74.0 Å². The number of carboxylic acid groups (broad SMARTS) is 1. The molecule has 0 aromatic carbocycles. The molecule has 0 atom stereocenters. The summed E-state index contributed by atoms with van der Waals surface area (Å²) in [6.45, 7) is 0. The first-order chi connectivity index (χ1) is 7.52. The Morgan fingerprint density at radius 2 is 2.31 bits per heavy atom. The van der Waals surface area contributed by atoms with Crippen LogP contribution in [-0.2, 0) is 5.33 Å². The molecule has 0 spiro atoms. The third kappa shape index (κ3) is 2.17. The second-order valence-corrected chi connectivity index (χ2v) is 3.33. The van der Waals surface area contributed by atoms with Crippen LogP contribution < -0.4 is 0 Å². The maximum Gasteiger partial charge on any atom is 0.336 e. The fourth-order valence-corrected chi connectivity index (χ4v) is 1.76. The summed E-state index contributed by atoms with van der Waals surface area (Å²) in [5.41, 5.74) is -1.44. The summed E-state index contributed by atoms with van der Waals surface area (Å²) in [5.74, 6) is -1.50. The van der Waals surface area contributed by atoms with Crippen LogP contribution >= 0.6 is 15.9 Å². The molecule has 0 aliphatic rings. The minimum atomic E-state index is -2.94. The van der Waals surface area contributed by atoms with Crippen molar-refractivity contribution in [1.29, 1.82) is 5.26 Å². The molecule has 0 saturated carbocycles. The minimum absolute atomic E-state index is 0.0227. The van der Waals surface area contributed by atoms with E-state index in [2.05, 4.69) is 20.9 Å². The van der Waals surface area contributed by atoms with Crippen molar-refractivity contribution >= 4 is 21.9 Å². The largest absolute Gasteiger partial charge is 0.478 e. The van der Waals surface area contributed by atoms with Gasteiger partial charge in [-0.25, -0.2) is 18.6 Å². The van der Waals surface area contributed by atoms with Gasteiger partial charge in [0.05, 0.1) is 11.1 Å². The van der Waals surface area contributed by atoms with Gasteiger partial charge < -0.3 is 5.11 Å². The van der Waals surface area contributed by atoms with Gasteiger partial charge in [-0.3, -0.25) is 0 Å². The zero-order valence-electron chi connectivity index (χ0n) is 7.75. The van der Waals surface area contributed by atoms with Crippen LogP contribution in [0.2, 0.25) is 0 Å². The number of carboxylic acids is 1. The SMILES string of the molecule is N#Cc1ncc(C(F)F)c(C(=O)O)c1CBr. The van der Waals surface area contributed by atoms with Crippen molar-refractivity contribution in [2.24, 2.45) is 0 Å². The molecule has 0 aliphatic heterocycles. The monoisotopic (exact) mass is 290 g/mol. The molecule has 0 aliphatic carbocycles. The molecular formula is C9H5BrF2N2O2. The molecule has 1 aromatic rings. The third-order valence-electron chi connectivity index (χ3n) is 1.90. The van der Waals surface area contributed by atoms with E-state index in [1.807, 2.05) is 0 Å². The first-order valence-electron chi connectivity index (χ1n) is 4.02. The van der Waals surface area contributed by atoms with Gasteiger partial charge in [-0.15, -0.1) is 0 Å². The molecular weight excluding hydrogens is 286 g/mol. The highest BCUT2D eigenvalue weighted by molar-refractivity contribution is 9.08. The molecule has 84 valence electrons. The molecule has 0 bridgehead atoms. The lowest BCUT2D eigenvalue weighted by Crippen LogP contribution is -2.10. The summed E-state index contributed by atoms with van der Waals surface area (Å²) in [5, 5.41) is 17.5. The van der Waals surface area contributed by atoms with E-state index in [4.69, 9.17) is 10.4 Å². The van der Waals surface area contributed by atoms with Gasteiger partial charge in [-0.2, -0.15) is 5.26 Å². The van der Waals surface area contributed by atoms with Crippen LogP contribution in [0.4, 0.5) is 8.78 Å². The molecule has 1 N–H and O–H groups in total. The van der Waals surface area contributed by atoms with Crippen LogP contribution in [-0.4, -0.2) is 16.1 Å². The van der Waals surface area contributed by atoms with Gasteiger partial charge in [-0.05, 0) is 0 Å². The van der Waals surface area contributed by atoms with Crippen molar-refractivity contribution in [1.82, 2.24) is 4.98 Å². The van der Waals surface area contributed by atoms with E-state index in [1.54, 1.807) is 6.07 Å². The van der Waals surface area contributed by atoms with Crippen molar-refractivity contribution in [3.63, 3.8) is 0 Å². The van der Waals surface area contributed by atoms with Crippen LogP contribution in [0.5, 0.6) is 0 Å². The second-order valence-electron chi connectivity index (χ2n) is 2.77. The van der Waals surface area contributed by atoms with E-state index in [9.17, 15) is 13.6 Å². The molecule has 1 aromatic heterocycles. The van der Waals surface area contributed by atoms with Gasteiger partial charge in [0.1, 0.15) is 11.8 Å². The Hall–Kier alpha value is -1.55. The number of aromatic carboxylic acids is 1. The van der Waals surface area contributed by atoms with Crippen LogP contribution in [0.3, 0.4) is 0 Å². The summed E-state index contributed by atoms with van der Waals surface area (Å²) in [4.78, 5) is 14.4. The predicted molar refractivity (Wildman–Crippen MR) is 53.5 cm³/mol. The Morgan fingerprint density at radius 3 is 2.69 bits per heavy atom. The molecule has 0 radical (unpaired) electrons. The van der Waals surface area contributed by atoms with Crippen LogP contribution in [0.1, 0.15) is 33.6 Å². The van der Waals surface area contributed by atoms with Crippen molar-refractivity contribution in [3.05, 3.63) is 28.6 Å². The molecule has 4 nitrogen and oxygen atoms in total. The standard InChI is InChI=1S/C9H5BrF2N2O2/c10-1-4-6(2-13)14-3-5(8(11)12)7(4)9(15)16/h3,8H,1H2,(H,15,16). The number of nitriles is 1. The fourth-order valence-electron chi connectivity index (χ4n) is 1.21. The van der Waals surface area contributed by atoms with Gasteiger partial charge in [0.15, 0.2) is 0 Å². The van der Waals surface area contributed by atoms with E-state index in [0.717, 1.165) is 6.20 Å². The fraction of sp³-hybridized carbons (Fsp3) is 0.222. The Balaban J connectivity index is 3.58. The maximum atomic E-state index is 12.5. The van der Waals surface area contributed by atoms with Gasteiger partial charge in [-0.1, -0.05) is 15.9 Å². The summed E-state index contributed by atoms with van der Waals surface area (Å²) in [7, 11) is 0. The highest BCUT2D eigenvalue weighted by Crippen LogP contribution is 2.27. The Labute approximate surface area is 97.7 Å². The number of rotatable bonds is 3. The number of alkyl halides is 3. The average Bonchev–Trinajstić information content (AvgIpc) is 2.26. The predicted octanol–water partition coefficient (Wildman–Crippen LogP) is 2.48. The normalized spacial score (nSPS) is 10.2. The number of aromatic nitrogens is 1. The van der Waals surface area contributed by atoms with Crippen LogP contribution in [0.25, 0.3) is 0 Å². The highest BCUT2D eigenvalue weighted by Gasteiger charge is 2.24. The van der Waals surface area contributed by atoms with Crippen LogP contribution in [0, 0.1) is 11.3 Å². The number of nitrogens with zero attached hydrogens (tertiary/aromatic N) is 2. The molecule has 16 heavy (non-hydrogen) atoms. The maximum absolute atomic E-state index is 12.5. The van der Waals surface area contributed by atoms with E-state index >= 15 is 0 Å². The van der Waals surface area contributed by atoms with Crippen molar-refractivity contribution in [2.45, 2.75) is 11.8 Å². The summed E-state index contributed by atoms with van der Waals surface area (Å²) in [6.07, 6.45) is -2.22. The quantitative estimate of drug-likeness (QED) is 0.868. The molecule has 0 amide bonds. The third-order valence-corrected chi connectivity index (χ3v) is 2.46. The molecule has 0 fully saturated rings. The van der Waals surface area contributed by atoms with Gasteiger partial charge in [0, 0.05) is 17.1 Å². The Kier molecular flexibility index (Phi) is 3.90. The number of hydrogen-bond donors (Lipinski definition) is 1. The Morgan fingerprint density at radius 1 is 1.69 bits per heavy atom. The zero-order chi connectivity index (χ0) is 12.3. The number of halogens is 3.